The highest BCUT2D eigenvalue weighted by Crippen LogP contribution is 2.33. The van der Waals surface area contributed by atoms with Crippen molar-refractivity contribution < 1.29 is 22.4 Å². The number of nitrogens with zero attached hydrogens (tertiary/aromatic N) is 4. The highest BCUT2D eigenvalue weighted by atomic mass is 32.2. The first-order chi connectivity index (χ1) is 15.4. The zero-order chi connectivity index (χ0) is 22.7. The van der Waals surface area contributed by atoms with Crippen LogP contribution in [0.5, 0.6) is 11.5 Å². The number of piperazine rings is 1. The first-order valence-corrected chi connectivity index (χ1v) is 11.8. The van der Waals surface area contributed by atoms with E-state index in [2.05, 4.69) is 15.0 Å². The predicted molar refractivity (Wildman–Crippen MR) is 120 cm³/mol. The standard InChI is InChI=1S/C22H26N4O5S/c1-4-30-20-10-9-17(15-18(20)22-23-16(2)24-31-22)32(27,28)26-13-11-25(12-14-26)19-7-5-6-8-21(19)29-3/h5-10,15H,4,11-14H2,1-3H3. The molecule has 0 amide bonds. The van der Waals surface area contributed by atoms with Crippen LogP contribution in [-0.4, -0.2) is 62.8 Å². The number of aromatic nitrogens is 2. The Bertz CT molecular complexity index is 1190. The first-order valence-electron chi connectivity index (χ1n) is 10.4. The van der Waals surface area contributed by atoms with Crippen LogP contribution in [0.2, 0.25) is 0 Å². The summed E-state index contributed by atoms with van der Waals surface area (Å²) in [5.41, 5.74) is 1.42. The van der Waals surface area contributed by atoms with E-state index in [1.54, 1.807) is 32.2 Å². The lowest BCUT2D eigenvalue weighted by molar-refractivity contribution is 0.338. The molecule has 0 saturated carbocycles. The summed E-state index contributed by atoms with van der Waals surface area (Å²) in [5, 5.41) is 3.81. The lowest BCUT2D eigenvalue weighted by Gasteiger charge is -2.36. The molecule has 1 saturated heterocycles. The fourth-order valence-electron chi connectivity index (χ4n) is 3.73. The van der Waals surface area contributed by atoms with Crippen molar-refractivity contribution in [3.63, 3.8) is 0 Å². The van der Waals surface area contributed by atoms with Crippen LogP contribution < -0.4 is 14.4 Å². The summed E-state index contributed by atoms with van der Waals surface area (Å²) < 4.78 is 44.6. The van der Waals surface area contributed by atoms with Crippen molar-refractivity contribution in [3.05, 3.63) is 48.3 Å². The molecule has 0 unspecified atom stereocenters. The Morgan fingerprint density at radius 1 is 1.06 bits per heavy atom. The van der Waals surface area contributed by atoms with Crippen molar-refractivity contribution >= 4 is 15.7 Å². The van der Waals surface area contributed by atoms with Crippen LogP contribution in [0.4, 0.5) is 5.69 Å². The van der Waals surface area contributed by atoms with E-state index in [-0.39, 0.29) is 10.8 Å². The summed E-state index contributed by atoms with van der Waals surface area (Å²) >= 11 is 0. The Labute approximate surface area is 187 Å². The molecule has 1 fully saturated rings. The fourth-order valence-corrected chi connectivity index (χ4v) is 5.18. The van der Waals surface area contributed by atoms with Crippen LogP contribution in [-0.2, 0) is 10.0 Å². The topological polar surface area (TPSA) is 98.0 Å². The van der Waals surface area contributed by atoms with E-state index in [0.717, 1.165) is 11.4 Å². The smallest absolute Gasteiger partial charge is 0.261 e. The van der Waals surface area contributed by atoms with Gasteiger partial charge in [0.15, 0.2) is 5.82 Å². The van der Waals surface area contributed by atoms with Gasteiger partial charge in [0.2, 0.25) is 10.0 Å². The number of anilines is 1. The van der Waals surface area contributed by atoms with Crippen LogP contribution >= 0.6 is 0 Å². The summed E-state index contributed by atoms with van der Waals surface area (Å²) in [7, 11) is -2.08. The molecule has 0 aliphatic carbocycles. The zero-order valence-corrected chi connectivity index (χ0v) is 19.1. The van der Waals surface area contributed by atoms with E-state index in [4.69, 9.17) is 14.0 Å². The van der Waals surface area contributed by atoms with Crippen molar-refractivity contribution in [2.45, 2.75) is 18.7 Å². The molecular formula is C22H26N4O5S. The van der Waals surface area contributed by atoms with Gasteiger partial charge in [-0.1, -0.05) is 17.3 Å². The van der Waals surface area contributed by atoms with Gasteiger partial charge < -0.3 is 18.9 Å². The second kappa shape index (κ2) is 9.17. The number of aryl methyl sites for hydroxylation is 1. The Kier molecular flexibility index (Phi) is 6.33. The molecule has 1 aliphatic heterocycles. The summed E-state index contributed by atoms with van der Waals surface area (Å²) in [6.07, 6.45) is 0. The molecule has 0 radical (unpaired) electrons. The van der Waals surface area contributed by atoms with Crippen molar-refractivity contribution in [1.82, 2.24) is 14.4 Å². The molecule has 1 aromatic heterocycles. The van der Waals surface area contributed by atoms with Gasteiger partial charge >= 0.3 is 0 Å². The van der Waals surface area contributed by atoms with E-state index < -0.39 is 10.0 Å². The van der Waals surface area contributed by atoms with Crippen molar-refractivity contribution in [1.29, 1.82) is 0 Å². The fraction of sp³-hybridized carbons (Fsp3) is 0.364. The second-order valence-electron chi connectivity index (χ2n) is 7.30. The molecule has 2 heterocycles. The number of hydrogen-bond donors (Lipinski definition) is 0. The number of sulfonamides is 1. The summed E-state index contributed by atoms with van der Waals surface area (Å²) in [6.45, 7) is 5.84. The summed E-state index contributed by atoms with van der Waals surface area (Å²) in [5.74, 6) is 1.96. The molecule has 10 heteroatoms. The van der Waals surface area contributed by atoms with Crippen molar-refractivity contribution in [3.8, 4) is 23.0 Å². The van der Waals surface area contributed by atoms with Gasteiger partial charge in [-0.2, -0.15) is 9.29 Å². The molecular weight excluding hydrogens is 432 g/mol. The SMILES string of the molecule is CCOc1ccc(S(=O)(=O)N2CCN(c3ccccc3OC)CC2)cc1-c1nc(C)no1. The van der Waals surface area contributed by atoms with Gasteiger partial charge in [-0.3, -0.25) is 0 Å². The van der Waals surface area contributed by atoms with Gasteiger partial charge in [0.25, 0.3) is 5.89 Å². The van der Waals surface area contributed by atoms with E-state index in [9.17, 15) is 8.42 Å². The number of para-hydroxylation sites is 2. The summed E-state index contributed by atoms with van der Waals surface area (Å²) in [4.78, 5) is 6.53. The number of methoxy groups -OCH3 is 1. The molecule has 0 spiro atoms. The van der Waals surface area contributed by atoms with Crippen LogP contribution in [0.3, 0.4) is 0 Å². The monoisotopic (exact) mass is 458 g/mol. The highest BCUT2D eigenvalue weighted by Gasteiger charge is 2.30. The van der Waals surface area contributed by atoms with Crippen LogP contribution in [0.25, 0.3) is 11.5 Å². The highest BCUT2D eigenvalue weighted by molar-refractivity contribution is 7.89. The van der Waals surface area contributed by atoms with Gasteiger partial charge in [-0.05, 0) is 44.2 Å². The van der Waals surface area contributed by atoms with Gasteiger partial charge in [-0.25, -0.2) is 8.42 Å². The number of benzene rings is 2. The Hall–Kier alpha value is -3.11. The first kappa shape index (κ1) is 22.1. The van der Waals surface area contributed by atoms with Gasteiger partial charge in [0.1, 0.15) is 11.5 Å². The maximum atomic E-state index is 13.4. The van der Waals surface area contributed by atoms with E-state index >= 15 is 0 Å². The Balaban J connectivity index is 1.57. The average Bonchev–Trinajstić information content (AvgIpc) is 3.25. The van der Waals surface area contributed by atoms with E-state index in [1.165, 1.54) is 4.31 Å². The largest absolute Gasteiger partial charge is 0.495 e. The molecule has 0 atom stereocenters. The van der Waals surface area contributed by atoms with E-state index in [1.807, 2.05) is 31.2 Å². The lowest BCUT2D eigenvalue weighted by Crippen LogP contribution is -2.48. The number of hydrogen-bond acceptors (Lipinski definition) is 8. The molecule has 170 valence electrons. The normalized spacial score (nSPS) is 15.0. The van der Waals surface area contributed by atoms with Crippen LogP contribution in [0.1, 0.15) is 12.7 Å². The number of ether oxygens (including phenoxy) is 2. The second-order valence-corrected chi connectivity index (χ2v) is 9.24. The predicted octanol–water partition coefficient (Wildman–Crippen LogP) is 2.96. The molecule has 1 aliphatic rings. The molecule has 0 bridgehead atoms. The third-order valence-electron chi connectivity index (χ3n) is 5.31. The molecule has 2 aromatic carbocycles. The minimum Gasteiger partial charge on any atom is -0.495 e. The van der Waals surface area contributed by atoms with E-state index in [0.29, 0.717) is 49.9 Å². The third kappa shape index (κ3) is 4.28. The average molecular weight is 459 g/mol. The zero-order valence-electron chi connectivity index (χ0n) is 18.3. The minimum atomic E-state index is -3.71. The summed E-state index contributed by atoms with van der Waals surface area (Å²) in [6, 6.07) is 12.5. The molecule has 9 nitrogen and oxygen atoms in total. The van der Waals surface area contributed by atoms with Crippen molar-refractivity contribution in [2.24, 2.45) is 0 Å². The minimum absolute atomic E-state index is 0.164. The molecule has 0 N–H and O–H groups in total. The number of rotatable bonds is 7. The molecule has 3 aromatic rings. The maximum Gasteiger partial charge on any atom is 0.261 e. The Morgan fingerprint density at radius 2 is 1.81 bits per heavy atom. The van der Waals surface area contributed by atoms with Crippen LogP contribution in [0.15, 0.2) is 51.9 Å². The van der Waals surface area contributed by atoms with Crippen molar-refractivity contribution in [2.75, 3.05) is 44.8 Å². The third-order valence-corrected chi connectivity index (χ3v) is 7.21. The quantitative estimate of drug-likeness (QED) is 0.533. The van der Waals surface area contributed by atoms with Gasteiger partial charge in [0, 0.05) is 26.2 Å². The lowest BCUT2D eigenvalue weighted by atomic mass is 10.2. The van der Waals surface area contributed by atoms with Gasteiger partial charge in [-0.15, -0.1) is 0 Å². The maximum absolute atomic E-state index is 13.4. The molecule has 4 rings (SSSR count). The molecule has 32 heavy (non-hydrogen) atoms. The van der Waals surface area contributed by atoms with Gasteiger partial charge in [0.05, 0.1) is 29.9 Å². The van der Waals surface area contributed by atoms with Crippen LogP contribution in [0, 0.1) is 6.92 Å². The Morgan fingerprint density at radius 3 is 2.47 bits per heavy atom.